The Morgan fingerprint density at radius 1 is 0.952 bits per heavy atom. The Balaban J connectivity index is 1.88. The van der Waals surface area contributed by atoms with E-state index in [0.717, 1.165) is 16.8 Å². The van der Waals surface area contributed by atoms with Gasteiger partial charge in [-0.05, 0) is 17.7 Å². The van der Waals surface area contributed by atoms with Crippen molar-refractivity contribution in [2.45, 2.75) is 0 Å². The molecule has 0 saturated carbocycles. The molecule has 104 valence electrons. The van der Waals surface area contributed by atoms with E-state index < -0.39 is 0 Å². The van der Waals surface area contributed by atoms with Crippen LogP contribution >= 0.6 is 34.5 Å². The van der Waals surface area contributed by atoms with E-state index in [1.807, 2.05) is 54.6 Å². The summed E-state index contributed by atoms with van der Waals surface area (Å²) in [7, 11) is 0. The first-order chi connectivity index (χ1) is 10.2. The number of hydrogen-bond donors (Lipinski definition) is 0. The Morgan fingerprint density at radius 3 is 2.38 bits per heavy atom. The van der Waals surface area contributed by atoms with Gasteiger partial charge in [0.15, 0.2) is 0 Å². The van der Waals surface area contributed by atoms with Crippen LogP contribution in [0.4, 0.5) is 5.13 Å². The fraction of sp³-hybridized carbons (Fsp3) is 0. The Labute approximate surface area is 136 Å². The van der Waals surface area contributed by atoms with Crippen LogP contribution in [0.25, 0.3) is 11.3 Å². The summed E-state index contributed by atoms with van der Waals surface area (Å²) >= 11 is 13.5. The van der Waals surface area contributed by atoms with Gasteiger partial charge in [-0.15, -0.1) is 0 Å². The van der Waals surface area contributed by atoms with E-state index in [1.54, 1.807) is 6.21 Å². The molecule has 5 heteroatoms. The van der Waals surface area contributed by atoms with Gasteiger partial charge in [0, 0.05) is 16.8 Å². The minimum atomic E-state index is 0.623. The standard InChI is InChI=1S/C16H10Cl2N2S/c17-13-8-6-12(7-9-13)14-15(18)21-16(20-14)19-10-11-4-2-1-3-5-11/h1-10H/b19-10+. The summed E-state index contributed by atoms with van der Waals surface area (Å²) in [6, 6.07) is 17.3. The van der Waals surface area contributed by atoms with Gasteiger partial charge in [-0.2, -0.15) is 0 Å². The van der Waals surface area contributed by atoms with Gasteiger partial charge in [0.2, 0.25) is 5.13 Å². The van der Waals surface area contributed by atoms with Crippen molar-refractivity contribution in [1.29, 1.82) is 0 Å². The van der Waals surface area contributed by atoms with Crippen molar-refractivity contribution in [1.82, 2.24) is 4.98 Å². The number of halogens is 2. The third kappa shape index (κ3) is 3.50. The lowest BCUT2D eigenvalue weighted by Crippen LogP contribution is -1.79. The predicted octanol–water partition coefficient (Wildman–Crippen LogP) is 5.87. The monoisotopic (exact) mass is 332 g/mol. The van der Waals surface area contributed by atoms with Gasteiger partial charge in [0.25, 0.3) is 0 Å². The van der Waals surface area contributed by atoms with E-state index in [9.17, 15) is 0 Å². The van der Waals surface area contributed by atoms with Crippen LogP contribution < -0.4 is 0 Å². The molecule has 3 rings (SSSR count). The van der Waals surface area contributed by atoms with Crippen molar-refractivity contribution in [2.24, 2.45) is 4.99 Å². The first kappa shape index (κ1) is 14.3. The van der Waals surface area contributed by atoms with Crippen LogP contribution in [0, 0.1) is 0 Å². The maximum atomic E-state index is 6.25. The topological polar surface area (TPSA) is 25.2 Å². The molecule has 0 fully saturated rings. The zero-order valence-electron chi connectivity index (χ0n) is 10.8. The van der Waals surface area contributed by atoms with Crippen LogP contribution in [0.1, 0.15) is 5.56 Å². The SMILES string of the molecule is Clc1ccc(-c2nc(/N=C/c3ccccc3)sc2Cl)cc1. The van der Waals surface area contributed by atoms with Crippen molar-refractivity contribution >= 4 is 45.9 Å². The van der Waals surface area contributed by atoms with Gasteiger partial charge in [0.1, 0.15) is 10.0 Å². The highest BCUT2D eigenvalue weighted by Crippen LogP contribution is 2.36. The van der Waals surface area contributed by atoms with Crippen molar-refractivity contribution in [3.63, 3.8) is 0 Å². The molecule has 2 nitrogen and oxygen atoms in total. The molecule has 0 aliphatic carbocycles. The highest BCUT2D eigenvalue weighted by Gasteiger charge is 2.10. The molecule has 0 aliphatic heterocycles. The molecular weight excluding hydrogens is 323 g/mol. The molecule has 0 aliphatic rings. The molecule has 21 heavy (non-hydrogen) atoms. The molecule has 1 heterocycles. The molecule has 0 N–H and O–H groups in total. The normalized spacial score (nSPS) is 11.1. The molecule has 0 radical (unpaired) electrons. The fourth-order valence-corrected chi connectivity index (χ4v) is 2.95. The summed E-state index contributed by atoms with van der Waals surface area (Å²) in [5.41, 5.74) is 2.69. The number of aliphatic imine (C=N–C) groups is 1. The maximum absolute atomic E-state index is 6.25. The average Bonchev–Trinajstić information content (AvgIpc) is 2.88. The van der Waals surface area contributed by atoms with Crippen molar-refractivity contribution in [3.8, 4) is 11.3 Å². The quantitative estimate of drug-likeness (QED) is 0.551. The van der Waals surface area contributed by atoms with Crippen molar-refractivity contribution in [2.75, 3.05) is 0 Å². The highest BCUT2D eigenvalue weighted by atomic mass is 35.5. The van der Waals surface area contributed by atoms with Gasteiger partial charge in [-0.1, -0.05) is 77.0 Å². The van der Waals surface area contributed by atoms with E-state index in [1.165, 1.54) is 11.3 Å². The lowest BCUT2D eigenvalue weighted by atomic mass is 10.2. The Hall–Kier alpha value is -1.68. The van der Waals surface area contributed by atoms with Crippen LogP contribution in [-0.4, -0.2) is 11.2 Å². The summed E-state index contributed by atoms with van der Waals surface area (Å²) in [6.07, 6.45) is 1.78. The van der Waals surface area contributed by atoms with Gasteiger partial charge < -0.3 is 0 Å². The number of benzene rings is 2. The number of aromatic nitrogens is 1. The lowest BCUT2D eigenvalue weighted by Gasteiger charge is -1.96. The average molecular weight is 333 g/mol. The molecule has 3 aromatic rings. The number of hydrogen-bond acceptors (Lipinski definition) is 3. The second-order valence-electron chi connectivity index (χ2n) is 4.29. The van der Waals surface area contributed by atoms with Crippen LogP contribution in [-0.2, 0) is 0 Å². The predicted molar refractivity (Wildman–Crippen MR) is 91.3 cm³/mol. The smallest absolute Gasteiger partial charge is 0.211 e. The summed E-state index contributed by atoms with van der Waals surface area (Å²) in [6.45, 7) is 0. The molecular formula is C16H10Cl2N2S. The van der Waals surface area contributed by atoms with E-state index in [4.69, 9.17) is 23.2 Å². The molecule has 0 saturated heterocycles. The number of rotatable bonds is 3. The van der Waals surface area contributed by atoms with E-state index in [-0.39, 0.29) is 0 Å². The Morgan fingerprint density at radius 2 is 1.67 bits per heavy atom. The third-order valence-corrected chi connectivity index (χ3v) is 4.23. The van der Waals surface area contributed by atoms with Crippen LogP contribution in [0.15, 0.2) is 59.6 Å². The first-order valence-corrected chi connectivity index (χ1v) is 7.81. The van der Waals surface area contributed by atoms with Crippen molar-refractivity contribution < 1.29 is 0 Å². The number of nitrogens with zero attached hydrogens (tertiary/aromatic N) is 2. The van der Waals surface area contributed by atoms with E-state index in [0.29, 0.717) is 14.5 Å². The molecule has 0 spiro atoms. The van der Waals surface area contributed by atoms with Gasteiger partial charge >= 0.3 is 0 Å². The molecule has 0 unspecified atom stereocenters. The molecule has 0 bridgehead atoms. The highest BCUT2D eigenvalue weighted by molar-refractivity contribution is 7.19. The summed E-state index contributed by atoms with van der Waals surface area (Å²) in [5, 5.41) is 1.32. The van der Waals surface area contributed by atoms with Gasteiger partial charge in [-0.25, -0.2) is 9.98 Å². The zero-order chi connectivity index (χ0) is 14.7. The minimum Gasteiger partial charge on any atom is -0.227 e. The summed E-state index contributed by atoms with van der Waals surface area (Å²) in [4.78, 5) is 8.84. The van der Waals surface area contributed by atoms with Gasteiger partial charge in [-0.3, -0.25) is 0 Å². The van der Waals surface area contributed by atoms with E-state index >= 15 is 0 Å². The van der Waals surface area contributed by atoms with E-state index in [2.05, 4.69) is 9.98 Å². The lowest BCUT2D eigenvalue weighted by molar-refractivity contribution is 1.36. The van der Waals surface area contributed by atoms with Crippen LogP contribution in [0.2, 0.25) is 9.36 Å². The zero-order valence-corrected chi connectivity index (χ0v) is 13.2. The largest absolute Gasteiger partial charge is 0.227 e. The van der Waals surface area contributed by atoms with Gasteiger partial charge in [0.05, 0.1) is 0 Å². The van der Waals surface area contributed by atoms with Crippen LogP contribution in [0.5, 0.6) is 0 Å². The molecule has 0 amide bonds. The second-order valence-corrected chi connectivity index (χ2v) is 6.31. The molecule has 0 atom stereocenters. The molecule has 2 aromatic carbocycles. The van der Waals surface area contributed by atoms with Crippen LogP contribution in [0.3, 0.4) is 0 Å². The first-order valence-electron chi connectivity index (χ1n) is 6.24. The van der Waals surface area contributed by atoms with Crippen molar-refractivity contribution in [3.05, 3.63) is 69.5 Å². The number of thiazole rings is 1. The maximum Gasteiger partial charge on any atom is 0.211 e. The summed E-state index contributed by atoms with van der Waals surface area (Å²) < 4.78 is 0.623. The summed E-state index contributed by atoms with van der Waals surface area (Å²) in [5.74, 6) is 0. The third-order valence-electron chi connectivity index (χ3n) is 2.82. The fourth-order valence-electron chi connectivity index (χ4n) is 1.80. The Kier molecular flexibility index (Phi) is 4.34. The minimum absolute atomic E-state index is 0.623. The molecule has 1 aromatic heterocycles. The second kappa shape index (κ2) is 6.39. The Bertz CT molecular complexity index is 765.